The Balaban J connectivity index is 1.08. The second kappa shape index (κ2) is 13.0. The van der Waals surface area contributed by atoms with Gasteiger partial charge >= 0.3 is 0 Å². The van der Waals surface area contributed by atoms with Crippen LogP contribution in [0.2, 0.25) is 0 Å². The second-order valence-electron chi connectivity index (χ2n) is 11.3. The maximum Gasteiger partial charge on any atom is 0.182 e. The van der Waals surface area contributed by atoms with Crippen LogP contribution >= 0.6 is 0 Å². The minimum atomic E-state index is 0.577. The van der Waals surface area contributed by atoms with Gasteiger partial charge in [-0.15, -0.1) is 20.4 Å². The Morgan fingerprint density at radius 2 is 0.479 bits per heavy atom. The molecule has 0 aliphatic carbocycles. The zero-order valence-electron chi connectivity index (χ0n) is 25.8. The van der Waals surface area contributed by atoms with Crippen LogP contribution in [0.3, 0.4) is 0 Å². The normalized spacial score (nSPS) is 10.9. The van der Waals surface area contributed by atoms with E-state index in [-0.39, 0.29) is 0 Å². The molecule has 8 aromatic rings. The highest BCUT2D eigenvalue weighted by atomic mass is 15.2. The molecule has 2 heterocycles. The van der Waals surface area contributed by atoms with Gasteiger partial charge in [-0.05, 0) is 11.1 Å². The van der Waals surface area contributed by atoms with Gasteiger partial charge in [-0.1, -0.05) is 170 Å². The molecule has 0 spiro atoms. The van der Waals surface area contributed by atoms with Crippen LogP contribution in [0.25, 0.3) is 78.9 Å². The largest absolute Gasteiger partial charge is 0.224 e. The predicted octanol–water partition coefficient (Wildman–Crippen LogP) is 9.73. The molecule has 2 aromatic heterocycles. The zero-order valence-corrected chi connectivity index (χ0v) is 25.8. The highest BCUT2D eigenvalue weighted by Gasteiger charge is 2.16. The smallest absolute Gasteiger partial charge is 0.182 e. The number of rotatable bonds is 7. The monoisotopic (exact) mass is 616 g/mol. The molecule has 0 fully saturated rings. The molecule has 6 nitrogen and oxygen atoms in total. The summed E-state index contributed by atoms with van der Waals surface area (Å²) in [5.41, 5.74) is 11.0. The lowest BCUT2D eigenvalue weighted by molar-refractivity contribution is 0.991. The number of benzene rings is 6. The second-order valence-corrected chi connectivity index (χ2v) is 11.3. The molecule has 0 saturated heterocycles. The lowest BCUT2D eigenvalue weighted by Gasteiger charge is -2.11. The summed E-state index contributed by atoms with van der Waals surface area (Å²) in [5.74, 6) is 1.15. The Labute approximate surface area is 278 Å². The summed E-state index contributed by atoms with van der Waals surface area (Å²) in [6, 6.07) is 56.8. The summed E-state index contributed by atoms with van der Waals surface area (Å²) < 4.78 is 0. The minimum Gasteiger partial charge on any atom is -0.224 e. The number of aromatic nitrogens is 6. The van der Waals surface area contributed by atoms with Crippen molar-refractivity contribution in [3.8, 4) is 78.9 Å². The van der Waals surface area contributed by atoms with E-state index in [1.807, 2.05) is 146 Å². The van der Waals surface area contributed by atoms with E-state index in [1.165, 1.54) is 0 Å². The molecule has 0 N–H and O–H groups in total. The van der Waals surface area contributed by atoms with Crippen molar-refractivity contribution in [3.63, 3.8) is 0 Å². The van der Waals surface area contributed by atoms with Crippen molar-refractivity contribution in [3.05, 3.63) is 170 Å². The molecule has 8 rings (SSSR count). The van der Waals surface area contributed by atoms with Crippen molar-refractivity contribution < 1.29 is 0 Å². The van der Waals surface area contributed by atoms with Crippen molar-refractivity contribution in [1.82, 2.24) is 30.4 Å². The summed E-state index contributed by atoms with van der Waals surface area (Å²) in [4.78, 5) is 10.00. The van der Waals surface area contributed by atoms with Crippen LogP contribution in [0.1, 0.15) is 0 Å². The van der Waals surface area contributed by atoms with E-state index in [4.69, 9.17) is 9.97 Å². The molecular weight excluding hydrogens is 589 g/mol. The van der Waals surface area contributed by atoms with Gasteiger partial charge in [0.25, 0.3) is 0 Å². The fourth-order valence-electron chi connectivity index (χ4n) is 5.70. The third-order valence-electron chi connectivity index (χ3n) is 8.18. The first-order valence-corrected chi connectivity index (χ1v) is 15.7. The molecule has 0 radical (unpaired) electrons. The average molecular weight is 617 g/mol. The van der Waals surface area contributed by atoms with Gasteiger partial charge in [0.2, 0.25) is 0 Å². The van der Waals surface area contributed by atoms with E-state index in [0.29, 0.717) is 11.6 Å². The van der Waals surface area contributed by atoms with Crippen molar-refractivity contribution in [2.45, 2.75) is 0 Å². The predicted molar refractivity (Wildman–Crippen MR) is 191 cm³/mol. The lowest BCUT2D eigenvalue weighted by atomic mass is 10.0. The number of hydrogen-bond donors (Lipinski definition) is 0. The van der Waals surface area contributed by atoms with E-state index >= 15 is 0 Å². The van der Waals surface area contributed by atoms with Gasteiger partial charge in [-0.3, -0.25) is 0 Å². The van der Waals surface area contributed by atoms with Gasteiger partial charge < -0.3 is 0 Å². The van der Waals surface area contributed by atoms with Crippen LogP contribution in [-0.4, -0.2) is 30.4 Å². The Bertz CT molecular complexity index is 2120. The first-order valence-electron chi connectivity index (χ1n) is 15.7. The average Bonchev–Trinajstić information content (AvgIpc) is 3.19. The molecular formula is C42H28N6. The van der Waals surface area contributed by atoms with Crippen LogP contribution < -0.4 is 0 Å². The van der Waals surface area contributed by atoms with Gasteiger partial charge in [0.15, 0.2) is 11.6 Å². The maximum atomic E-state index is 5.00. The number of hydrogen-bond acceptors (Lipinski definition) is 6. The number of nitrogens with zero attached hydrogens (tertiary/aromatic N) is 6. The van der Waals surface area contributed by atoms with Crippen LogP contribution in [0, 0.1) is 0 Å². The van der Waals surface area contributed by atoms with Crippen molar-refractivity contribution in [2.75, 3.05) is 0 Å². The first-order chi connectivity index (χ1) is 23.8. The third kappa shape index (κ3) is 5.86. The molecule has 6 heteroatoms. The molecule has 0 aliphatic heterocycles. The van der Waals surface area contributed by atoms with Crippen molar-refractivity contribution in [1.29, 1.82) is 0 Å². The summed E-state index contributed by atoms with van der Waals surface area (Å²) in [7, 11) is 0. The van der Waals surface area contributed by atoms with Gasteiger partial charge in [-0.25, -0.2) is 9.97 Å². The van der Waals surface area contributed by atoms with E-state index in [1.54, 1.807) is 0 Å². The third-order valence-corrected chi connectivity index (χ3v) is 8.18. The molecule has 226 valence electrons. The fraction of sp³-hybridized carbons (Fsp3) is 0. The molecule has 48 heavy (non-hydrogen) atoms. The first kappa shape index (κ1) is 28.8. The lowest BCUT2D eigenvalue weighted by Crippen LogP contribution is -2.00. The Morgan fingerprint density at radius 3 is 0.792 bits per heavy atom. The van der Waals surface area contributed by atoms with Crippen LogP contribution in [0.15, 0.2) is 170 Å². The van der Waals surface area contributed by atoms with Crippen molar-refractivity contribution >= 4 is 0 Å². The van der Waals surface area contributed by atoms with Gasteiger partial charge in [0, 0.05) is 33.4 Å². The highest BCUT2D eigenvalue weighted by molar-refractivity contribution is 5.80. The zero-order chi connectivity index (χ0) is 32.1. The van der Waals surface area contributed by atoms with Gasteiger partial charge in [0.1, 0.15) is 22.8 Å². The van der Waals surface area contributed by atoms with Gasteiger partial charge in [-0.2, -0.15) is 0 Å². The van der Waals surface area contributed by atoms with E-state index in [9.17, 15) is 0 Å². The minimum absolute atomic E-state index is 0.577. The fourth-order valence-corrected chi connectivity index (χ4v) is 5.70. The Kier molecular flexibility index (Phi) is 7.79. The molecule has 6 aromatic carbocycles. The van der Waals surface area contributed by atoms with Crippen LogP contribution in [0.5, 0.6) is 0 Å². The molecule has 0 aliphatic rings. The Hall–Kier alpha value is -6.66. The summed E-state index contributed by atoms with van der Waals surface area (Å²) in [6.45, 7) is 0. The van der Waals surface area contributed by atoms with E-state index in [2.05, 4.69) is 44.7 Å². The summed E-state index contributed by atoms with van der Waals surface area (Å²) in [6.07, 6.45) is 0. The molecule has 0 saturated carbocycles. The van der Waals surface area contributed by atoms with Crippen LogP contribution in [0.4, 0.5) is 0 Å². The molecule has 0 unspecified atom stereocenters. The summed E-state index contributed by atoms with van der Waals surface area (Å²) in [5, 5.41) is 18.3. The quantitative estimate of drug-likeness (QED) is 0.177. The highest BCUT2D eigenvalue weighted by Crippen LogP contribution is 2.33. The van der Waals surface area contributed by atoms with Crippen molar-refractivity contribution in [2.24, 2.45) is 0 Å². The SMILES string of the molecule is c1ccc(-c2nnc(-c3ccc(-c4ccc(-c5nnc(-c6ccccc6)c(-c6ccccc6)n5)cc4)cc3)nc2-c2ccccc2)cc1. The van der Waals surface area contributed by atoms with E-state index < -0.39 is 0 Å². The molecule has 0 atom stereocenters. The van der Waals surface area contributed by atoms with E-state index in [0.717, 1.165) is 67.3 Å². The Morgan fingerprint density at radius 1 is 0.208 bits per heavy atom. The van der Waals surface area contributed by atoms with Gasteiger partial charge in [0.05, 0.1) is 0 Å². The maximum absolute atomic E-state index is 5.00. The molecule has 0 amide bonds. The molecule has 0 bridgehead atoms. The topological polar surface area (TPSA) is 77.3 Å². The summed E-state index contributed by atoms with van der Waals surface area (Å²) >= 11 is 0. The van der Waals surface area contributed by atoms with Crippen LogP contribution in [-0.2, 0) is 0 Å². The standard InChI is InChI=1S/C42H28N6/c1-5-13-31(14-6-1)37-39(33-17-9-3-10-18-33)45-47-41(43-37)35-25-21-29(22-26-35)30-23-27-36(28-24-30)42-44-38(32-15-7-2-8-16-32)40(46-48-42)34-19-11-4-12-20-34/h1-28H.